The second-order valence-corrected chi connectivity index (χ2v) is 11.7. The summed E-state index contributed by atoms with van der Waals surface area (Å²) >= 11 is 0. The van der Waals surface area contributed by atoms with Crippen LogP contribution in [0.2, 0.25) is 0 Å². The maximum absolute atomic E-state index is 14.0. The molecule has 214 valence electrons. The molecule has 3 aromatic rings. The molecule has 0 radical (unpaired) electrons. The molecule has 40 heavy (non-hydrogen) atoms. The molecule has 0 fully saturated rings. The normalized spacial score (nSPS) is 11.9. The van der Waals surface area contributed by atoms with Crippen molar-refractivity contribution in [2.24, 2.45) is 0 Å². The van der Waals surface area contributed by atoms with Crippen LogP contribution in [0.15, 0.2) is 77.7 Å². The monoisotopic (exact) mass is 565 g/mol. The number of carbonyl (C=O) groups excluding carboxylic acids is 2. The Bertz CT molecular complexity index is 1390. The lowest BCUT2D eigenvalue weighted by Gasteiger charge is -2.32. The van der Waals surface area contributed by atoms with Crippen LogP contribution in [0.5, 0.6) is 5.75 Å². The second-order valence-electron chi connectivity index (χ2n) is 9.85. The molecule has 0 bridgehead atoms. The average Bonchev–Trinajstić information content (AvgIpc) is 2.94. The van der Waals surface area contributed by atoms with Gasteiger partial charge in [0.05, 0.1) is 17.7 Å². The second kappa shape index (κ2) is 14.0. The summed E-state index contributed by atoms with van der Waals surface area (Å²) in [6, 6.07) is 19.9. The molecule has 1 atom stereocenters. The maximum atomic E-state index is 14.0. The van der Waals surface area contributed by atoms with Crippen molar-refractivity contribution in [3.63, 3.8) is 0 Å². The van der Waals surface area contributed by atoms with Gasteiger partial charge in [-0.25, -0.2) is 8.42 Å². The predicted molar refractivity (Wildman–Crippen MR) is 158 cm³/mol. The van der Waals surface area contributed by atoms with Crippen LogP contribution in [0, 0.1) is 13.8 Å². The first-order chi connectivity index (χ1) is 19.1. The molecule has 9 heteroatoms. The molecule has 1 N–H and O–H groups in total. The summed E-state index contributed by atoms with van der Waals surface area (Å²) in [6.07, 6.45) is 1.75. The Labute approximate surface area is 238 Å². The molecular weight excluding hydrogens is 526 g/mol. The summed E-state index contributed by atoms with van der Waals surface area (Å²) in [4.78, 5) is 28.5. The van der Waals surface area contributed by atoms with Crippen molar-refractivity contribution in [1.82, 2.24) is 10.2 Å². The van der Waals surface area contributed by atoms with Crippen LogP contribution in [0.4, 0.5) is 5.69 Å². The zero-order valence-electron chi connectivity index (χ0n) is 23.9. The van der Waals surface area contributed by atoms with Crippen molar-refractivity contribution in [3.8, 4) is 5.75 Å². The fourth-order valence-electron chi connectivity index (χ4n) is 4.24. The van der Waals surface area contributed by atoms with Crippen LogP contribution >= 0.6 is 0 Å². The SMILES string of the molecule is CCCCNC(=O)[C@H](C)N(Cc1cccc(C)c1)C(=O)CN(c1ccc(OC)cc1)S(=O)(=O)c1ccc(C)cc1. The summed E-state index contributed by atoms with van der Waals surface area (Å²) < 4.78 is 34.1. The number of methoxy groups -OCH3 is 1. The smallest absolute Gasteiger partial charge is 0.264 e. The number of anilines is 1. The maximum Gasteiger partial charge on any atom is 0.264 e. The van der Waals surface area contributed by atoms with Gasteiger partial charge >= 0.3 is 0 Å². The molecule has 0 unspecified atom stereocenters. The lowest BCUT2D eigenvalue weighted by Crippen LogP contribution is -2.51. The van der Waals surface area contributed by atoms with E-state index < -0.39 is 28.5 Å². The third-order valence-corrected chi connectivity index (χ3v) is 8.47. The first-order valence-electron chi connectivity index (χ1n) is 13.4. The highest BCUT2D eigenvalue weighted by atomic mass is 32.2. The Morgan fingerprint density at radius 3 is 2.23 bits per heavy atom. The topological polar surface area (TPSA) is 96.0 Å². The van der Waals surface area contributed by atoms with Crippen LogP contribution in [-0.2, 0) is 26.2 Å². The highest BCUT2D eigenvalue weighted by Crippen LogP contribution is 2.27. The van der Waals surface area contributed by atoms with E-state index in [-0.39, 0.29) is 17.3 Å². The minimum absolute atomic E-state index is 0.0670. The highest BCUT2D eigenvalue weighted by molar-refractivity contribution is 7.92. The molecule has 0 saturated carbocycles. The van der Waals surface area contributed by atoms with Gasteiger partial charge in [-0.15, -0.1) is 0 Å². The van der Waals surface area contributed by atoms with Gasteiger partial charge in [-0.1, -0.05) is 60.9 Å². The van der Waals surface area contributed by atoms with Crippen molar-refractivity contribution < 1.29 is 22.7 Å². The van der Waals surface area contributed by atoms with E-state index in [9.17, 15) is 18.0 Å². The zero-order valence-corrected chi connectivity index (χ0v) is 24.7. The van der Waals surface area contributed by atoms with Gasteiger partial charge in [0.2, 0.25) is 11.8 Å². The number of nitrogens with one attached hydrogen (secondary N) is 1. The highest BCUT2D eigenvalue weighted by Gasteiger charge is 2.32. The molecule has 3 aromatic carbocycles. The van der Waals surface area contributed by atoms with E-state index in [2.05, 4.69) is 5.32 Å². The van der Waals surface area contributed by atoms with Gasteiger partial charge in [0.1, 0.15) is 18.3 Å². The van der Waals surface area contributed by atoms with E-state index in [0.717, 1.165) is 33.8 Å². The number of amides is 2. The number of ether oxygens (including phenoxy) is 1. The molecule has 8 nitrogen and oxygen atoms in total. The fourth-order valence-corrected chi connectivity index (χ4v) is 5.65. The Hall–Kier alpha value is -3.85. The molecular formula is C31H39N3O5S. The lowest BCUT2D eigenvalue weighted by molar-refractivity contribution is -0.139. The Balaban J connectivity index is 2.00. The molecule has 0 aromatic heterocycles. The number of unbranched alkanes of at least 4 members (excludes halogenated alkanes) is 1. The lowest BCUT2D eigenvalue weighted by atomic mass is 10.1. The Morgan fingerprint density at radius 1 is 0.950 bits per heavy atom. The summed E-state index contributed by atoms with van der Waals surface area (Å²) in [5.41, 5.74) is 3.09. The standard InChI is InChI=1S/C31H39N3O5S/c1-6-7-19-32-31(36)25(4)33(21-26-10-8-9-24(3)20-26)30(35)22-34(27-13-15-28(39-5)16-14-27)40(37,38)29-17-11-23(2)12-18-29/h8-18,20,25H,6-7,19,21-22H2,1-5H3,(H,32,36)/t25-/m0/s1. The Kier molecular flexibility index (Phi) is 10.7. The van der Waals surface area contributed by atoms with Crippen LogP contribution in [0.25, 0.3) is 0 Å². The van der Waals surface area contributed by atoms with Gasteiger partial charge in [0, 0.05) is 13.1 Å². The van der Waals surface area contributed by atoms with Crippen molar-refractivity contribution in [1.29, 1.82) is 0 Å². The number of nitrogens with zero attached hydrogens (tertiary/aromatic N) is 2. The first kappa shape index (κ1) is 30.7. The van der Waals surface area contributed by atoms with Gasteiger partial charge in [0.25, 0.3) is 10.0 Å². The number of carbonyl (C=O) groups is 2. The molecule has 3 rings (SSSR count). The molecule has 2 amide bonds. The third kappa shape index (κ3) is 7.85. The first-order valence-corrected chi connectivity index (χ1v) is 14.9. The van der Waals surface area contributed by atoms with Gasteiger partial charge in [-0.2, -0.15) is 0 Å². The number of hydrogen-bond donors (Lipinski definition) is 1. The molecule has 0 spiro atoms. The van der Waals surface area contributed by atoms with E-state index in [1.165, 1.54) is 24.1 Å². The molecule has 0 aliphatic rings. The summed E-state index contributed by atoms with van der Waals surface area (Å²) in [7, 11) is -2.59. The fraction of sp³-hybridized carbons (Fsp3) is 0.355. The van der Waals surface area contributed by atoms with Crippen LogP contribution < -0.4 is 14.4 Å². The van der Waals surface area contributed by atoms with Gasteiger partial charge < -0.3 is 15.0 Å². The van der Waals surface area contributed by atoms with E-state index in [4.69, 9.17) is 4.74 Å². The van der Waals surface area contributed by atoms with E-state index in [1.807, 2.05) is 45.0 Å². The van der Waals surface area contributed by atoms with Gasteiger partial charge in [-0.3, -0.25) is 13.9 Å². The largest absolute Gasteiger partial charge is 0.497 e. The quantitative estimate of drug-likeness (QED) is 0.299. The van der Waals surface area contributed by atoms with Gasteiger partial charge in [-0.05, 0) is 69.2 Å². The minimum atomic E-state index is -4.12. The number of benzene rings is 3. The van der Waals surface area contributed by atoms with Gasteiger partial charge in [0.15, 0.2) is 0 Å². The van der Waals surface area contributed by atoms with Crippen molar-refractivity contribution >= 4 is 27.5 Å². The minimum Gasteiger partial charge on any atom is -0.497 e. The van der Waals surface area contributed by atoms with Crippen LogP contribution in [0.1, 0.15) is 43.4 Å². The van der Waals surface area contributed by atoms with Crippen molar-refractivity contribution in [3.05, 3.63) is 89.5 Å². The van der Waals surface area contributed by atoms with E-state index in [0.29, 0.717) is 18.0 Å². The van der Waals surface area contributed by atoms with Crippen LogP contribution in [0.3, 0.4) is 0 Å². The average molecular weight is 566 g/mol. The molecule has 0 heterocycles. The zero-order chi connectivity index (χ0) is 29.3. The Morgan fingerprint density at radius 2 is 1.62 bits per heavy atom. The molecule has 0 aliphatic heterocycles. The molecule has 0 aliphatic carbocycles. The van der Waals surface area contributed by atoms with E-state index in [1.54, 1.807) is 43.3 Å². The summed E-state index contributed by atoms with van der Waals surface area (Å²) in [5, 5.41) is 2.90. The summed E-state index contributed by atoms with van der Waals surface area (Å²) in [5.74, 6) is -0.223. The number of hydrogen-bond acceptors (Lipinski definition) is 5. The number of aryl methyl sites for hydroxylation is 2. The number of sulfonamides is 1. The number of rotatable bonds is 13. The third-order valence-electron chi connectivity index (χ3n) is 6.68. The predicted octanol–water partition coefficient (Wildman–Crippen LogP) is 4.84. The van der Waals surface area contributed by atoms with Crippen molar-refractivity contribution in [2.75, 3.05) is 24.5 Å². The summed E-state index contributed by atoms with van der Waals surface area (Å²) in [6.45, 7) is 7.71. The van der Waals surface area contributed by atoms with Crippen molar-refractivity contribution in [2.45, 2.75) is 58.0 Å². The van der Waals surface area contributed by atoms with Crippen LogP contribution in [-0.4, -0.2) is 51.4 Å². The molecule has 0 saturated heterocycles. The van der Waals surface area contributed by atoms with E-state index >= 15 is 0 Å².